The van der Waals surface area contributed by atoms with Crippen molar-refractivity contribution in [3.8, 4) is 17.1 Å². The molecule has 0 fully saturated rings. The van der Waals surface area contributed by atoms with Crippen LogP contribution >= 0.6 is 0 Å². The first kappa shape index (κ1) is 19.5. The quantitative estimate of drug-likeness (QED) is 0.626. The van der Waals surface area contributed by atoms with Gasteiger partial charge in [-0.05, 0) is 24.3 Å². The molecular formula is C20H17F3N2O3. The number of nitrogens with zero attached hydrogens (tertiary/aromatic N) is 1. The van der Waals surface area contributed by atoms with Gasteiger partial charge in [0.15, 0.2) is 18.3 Å². The minimum Gasteiger partial charge on any atom is -0.484 e. The van der Waals surface area contributed by atoms with E-state index in [0.29, 0.717) is 23.8 Å². The van der Waals surface area contributed by atoms with Crippen LogP contribution in [0.5, 0.6) is 5.75 Å². The maximum Gasteiger partial charge on any atom is 0.422 e. The SMILES string of the molecule is O=C(CCc1ncc(-c2ccccc2)o1)Nc1ccc(OCC(F)(F)F)cc1. The van der Waals surface area contributed by atoms with Crippen molar-refractivity contribution in [1.29, 1.82) is 0 Å². The number of amides is 1. The van der Waals surface area contributed by atoms with E-state index < -0.39 is 12.8 Å². The maximum absolute atomic E-state index is 12.1. The molecule has 0 atom stereocenters. The second-order valence-corrected chi connectivity index (χ2v) is 5.96. The normalized spacial score (nSPS) is 11.2. The van der Waals surface area contributed by atoms with Gasteiger partial charge in [0.1, 0.15) is 5.75 Å². The van der Waals surface area contributed by atoms with Crippen molar-refractivity contribution in [2.75, 3.05) is 11.9 Å². The van der Waals surface area contributed by atoms with Gasteiger partial charge in [0.25, 0.3) is 0 Å². The van der Waals surface area contributed by atoms with Crippen molar-refractivity contribution in [2.24, 2.45) is 0 Å². The number of ether oxygens (including phenoxy) is 1. The highest BCUT2D eigenvalue weighted by Gasteiger charge is 2.28. The first-order chi connectivity index (χ1) is 13.4. The monoisotopic (exact) mass is 390 g/mol. The van der Waals surface area contributed by atoms with Crippen molar-refractivity contribution in [1.82, 2.24) is 4.98 Å². The number of anilines is 1. The zero-order chi connectivity index (χ0) is 20.0. The first-order valence-electron chi connectivity index (χ1n) is 8.49. The van der Waals surface area contributed by atoms with Crippen molar-refractivity contribution in [3.63, 3.8) is 0 Å². The minimum atomic E-state index is -4.40. The molecule has 8 heteroatoms. The van der Waals surface area contributed by atoms with Crippen LogP contribution < -0.4 is 10.1 Å². The highest BCUT2D eigenvalue weighted by Crippen LogP contribution is 2.22. The Kier molecular flexibility index (Phi) is 5.98. The maximum atomic E-state index is 12.1. The Morgan fingerprint density at radius 2 is 1.79 bits per heavy atom. The molecule has 0 saturated carbocycles. The van der Waals surface area contributed by atoms with Crippen LogP contribution in [0.3, 0.4) is 0 Å². The second-order valence-electron chi connectivity index (χ2n) is 5.96. The van der Waals surface area contributed by atoms with Crippen LogP contribution in [-0.2, 0) is 11.2 Å². The predicted octanol–water partition coefficient (Wildman–Crippen LogP) is 4.85. The molecule has 5 nitrogen and oxygen atoms in total. The molecular weight excluding hydrogens is 373 g/mol. The molecule has 0 aliphatic rings. The number of aromatic nitrogens is 1. The summed E-state index contributed by atoms with van der Waals surface area (Å²) < 4.78 is 46.6. The van der Waals surface area contributed by atoms with Gasteiger partial charge >= 0.3 is 6.18 Å². The van der Waals surface area contributed by atoms with E-state index in [1.165, 1.54) is 24.3 Å². The Morgan fingerprint density at radius 1 is 1.07 bits per heavy atom. The van der Waals surface area contributed by atoms with E-state index in [0.717, 1.165) is 5.56 Å². The Bertz CT molecular complexity index is 906. The summed E-state index contributed by atoms with van der Waals surface area (Å²) in [4.78, 5) is 16.2. The topological polar surface area (TPSA) is 64.4 Å². The molecule has 0 saturated heterocycles. The molecule has 1 heterocycles. The van der Waals surface area contributed by atoms with Crippen LogP contribution in [0.4, 0.5) is 18.9 Å². The highest BCUT2D eigenvalue weighted by atomic mass is 19.4. The van der Waals surface area contributed by atoms with Crippen LogP contribution in [-0.4, -0.2) is 23.7 Å². The number of rotatable bonds is 7. The molecule has 0 aliphatic carbocycles. The Labute approximate surface area is 159 Å². The Hall–Kier alpha value is -3.29. The first-order valence-corrected chi connectivity index (χ1v) is 8.49. The number of hydrogen-bond donors (Lipinski definition) is 1. The number of carbonyl (C=O) groups is 1. The van der Waals surface area contributed by atoms with Crippen molar-refractivity contribution in [3.05, 3.63) is 66.7 Å². The number of alkyl halides is 3. The van der Waals surface area contributed by atoms with Crippen molar-refractivity contribution >= 4 is 11.6 Å². The van der Waals surface area contributed by atoms with Crippen LogP contribution in [0.1, 0.15) is 12.3 Å². The molecule has 146 valence electrons. The summed E-state index contributed by atoms with van der Waals surface area (Å²) in [7, 11) is 0. The lowest BCUT2D eigenvalue weighted by molar-refractivity contribution is -0.153. The fourth-order valence-electron chi connectivity index (χ4n) is 2.41. The average Bonchev–Trinajstić information content (AvgIpc) is 3.15. The number of nitrogens with one attached hydrogen (secondary N) is 1. The van der Waals surface area contributed by atoms with E-state index in [2.05, 4.69) is 15.0 Å². The van der Waals surface area contributed by atoms with Crippen LogP contribution in [0, 0.1) is 0 Å². The van der Waals surface area contributed by atoms with E-state index in [9.17, 15) is 18.0 Å². The fourth-order valence-corrected chi connectivity index (χ4v) is 2.41. The van der Waals surface area contributed by atoms with Gasteiger partial charge in [-0.1, -0.05) is 30.3 Å². The van der Waals surface area contributed by atoms with Crippen LogP contribution in [0.15, 0.2) is 65.2 Å². The molecule has 0 radical (unpaired) electrons. The van der Waals surface area contributed by atoms with Gasteiger partial charge in [-0.2, -0.15) is 13.2 Å². The lowest BCUT2D eigenvalue weighted by atomic mass is 10.2. The van der Waals surface area contributed by atoms with Crippen LogP contribution in [0.2, 0.25) is 0 Å². The standard InChI is InChI=1S/C20H17F3N2O3/c21-20(22,23)13-27-16-8-6-15(7-9-16)25-18(26)10-11-19-24-12-17(28-19)14-4-2-1-3-5-14/h1-9,12H,10-11,13H2,(H,25,26). The van der Waals surface area contributed by atoms with Gasteiger partial charge in [-0.25, -0.2) is 4.98 Å². The molecule has 1 aromatic heterocycles. The smallest absolute Gasteiger partial charge is 0.422 e. The molecule has 0 unspecified atom stereocenters. The largest absolute Gasteiger partial charge is 0.484 e. The van der Waals surface area contributed by atoms with Gasteiger partial charge in [0.2, 0.25) is 5.91 Å². The summed E-state index contributed by atoms with van der Waals surface area (Å²) in [6.07, 6.45) is -2.30. The predicted molar refractivity (Wildman–Crippen MR) is 96.9 cm³/mol. The summed E-state index contributed by atoms with van der Waals surface area (Å²) in [6.45, 7) is -1.36. The second kappa shape index (κ2) is 8.60. The molecule has 2 aromatic carbocycles. The number of oxazole rings is 1. The van der Waals surface area contributed by atoms with E-state index in [4.69, 9.17) is 4.42 Å². The van der Waals surface area contributed by atoms with Gasteiger partial charge in [-0.15, -0.1) is 0 Å². The molecule has 3 aromatic rings. The summed E-state index contributed by atoms with van der Waals surface area (Å²) in [5.41, 5.74) is 1.36. The van der Waals surface area contributed by atoms with Gasteiger partial charge in [0.05, 0.1) is 6.20 Å². The molecule has 0 bridgehead atoms. The average molecular weight is 390 g/mol. The molecule has 0 spiro atoms. The Balaban J connectivity index is 1.47. The zero-order valence-corrected chi connectivity index (χ0v) is 14.7. The van der Waals surface area contributed by atoms with E-state index in [1.807, 2.05) is 30.3 Å². The number of hydrogen-bond acceptors (Lipinski definition) is 4. The summed E-state index contributed by atoms with van der Waals surface area (Å²) in [5.74, 6) is 0.891. The van der Waals surface area contributed by atoms with E-state index >= 15 is 0 Å². The van der Waals surface area contributed by atoms with E-state index in [1.54, 1.807) is 6.20 Å². The molecule has 28 heavy (non-hydrogen) atoms. The van der Waals surface area contributed by atoms with Gasteiger partial charge in [-0.3, -0.25) is 4.79 Å². The molecule has 1 amide bonds. The summed E-state index contributed by atoms with van der Waals surface area (Å²) >= 11 is 0. The van der Waals surface area contributed by atoms with Gasteiger partial charge in [0, 0.05) is 24.1 Å². The number of benzene rings is 2. The number of aryl methyl sites for hydroxylation is 1. The molecule has 0 aliphatic heterocycles. The van der Waals surface area contributed by atoms with Crippen molar-refractivity contribution < 1.29 is 27.1 Å². The molecule has 3 rings (SSSR count). The lowest BCUT2D eigenvalue weighted by Crippen LogP contribution is -2.19. The van der Waals surface area contributed by atoms with Crippen molar-refractivity contribution in [2.45, 2.75) is 19.0 Å². The Morgan fingerprint density at radius 3 is 2.46 bits per heavy atom. The van der Waals surface area contributed by atoms with Gasteiger partial charge < -0.3 is 14.5 Å². The molecule has 1 N–H and O–H groups in total. The van der Waals surface area contributed by atoms with E-state index in [-0.39, 0.29) is 18.1 Å². The third-order valence-corrected chi connectivity index (χ3v) is 3.72. The fraction of sp³-hybridized carbons (Fsp3) is 0.200. The minimum absolute atomic E-state index is 0.0727. The summed E-state index contributed by atoms with van der Waals surface area (Å²) in [5, 5.41) is 2.66. The highest BCUT2D eigenvalue weighted by molar-refractivity contribution is 5.90. The number of carbonyl (C=O) groups excluding carboxylic acids is 1. The lowest BCUT2D eigenvalue weighted by Gasteiger charge is -2.10. The third kappa shape index (κ3) is 5.87. The number of halogens is 3. The van der Waals surface area contributed by atoms with Crippen LogP contribution in [0.25, 0.3) is 11.3 Å². The third-order valence-electron chi connectivity index (χ3n) is 3.72. The summed E-state index contributed by atoms with van der Waals surface area (Å²) in [6, 6.07) is 15.2. The zero-order valence-electron chi connectivity index (χ0n) is 14.7.